The van der Waals surface area contributed by atoms with Crippen LogP contribution in [0.3, 0.4) is 0 Å². The van der Waals surface area contributed by atoms with E-state index in [4.69, 9.17) is 0 Å². The first kappa shape index (κ1) is 40.4. The van der Waals surface area contributed by atoms with E-state index in [1.807, 2.05) is 13.8 Å². The highest BCUT2D eigenvalue weighted by atomic mass is 14.2. The van der Waals surface area contributed by atoms with Crippen molar-refractivity contribution in [1.82, 2.24) is 0 Å². The zero-order valence-electron chi connectivity index (χ0n) is 29.7. The lowest BCUT2D eigenvalue weighted by Gasteiger charge is -2.19. The average molecular weight is 579 g/mol. The van der Waals surface area contributed by atoms with Crippen LogP contribution in [-0.4, -0.2) is 0 Å². The normalized spacial score (nSPS) is 11.1. The molecule has 0 saturated carbocycles. The Balaban J connectivity index is 0.00000821. The first-order chi connectivity index (χ1) is 20.5. The third-order valence-corrected chi connectivity index (χ3v) is 8.47. The van der Waals surface area contributed by atoms with Crippen molar-refractivity contribution in [2.45, 2.75) is 196 Å². The van der Waals surface area contributed by atoms with Gasteiger partial charge in [-0.3, -0.25) is 0 Å². The third-order valence-electron chi connectivity index (χ3n) is 8.47. The van der Waals surface area contributed by atoms with Gasteiger partial charge in [0.2, 0.25) is 0 Å². The van der Waals surface area contributed by atoms with E-state index >= 15 is 0 Å². The molecule has 0 heterocycles. The minimum atomic E-state index is 1.14. The van der Waals surface area contributed by atoms with Crippen molar-refractivity contribution >= 4 is 0 Å². The monoisotopic (exact) mass is 579 g/mol. The molecule has 1 aromatic carbocycles. The Hall–Kier alpha value is -1.56. The maximum absolute atomic E-state index is 4.08. The molecule has 0 fully saturated rings. The fourth-order valence-corrected chi connectivity index (χ4v) is 5.93. The maximum Gasteiger partial charge on any atom is -0.00919 e. The van der Waals surface area contributed by atoms with Gasteiger partial charge in [-0.25, -0.2) is 0 Å². The fourth-order valence-electron chi connectivity index (χ4n) is 5.93. The Labute approximate surface area is 266 Å². The second-order valence-corrected chi connectivity index (χ2v) is 12.8. The highest BCUT2D eigenvalue weighted by Gasteiger charge is 2.13. The first-order valence-electron chi connectivity index (χ1n) is 18.6. The van der Waals surface area contributed by atoms with Gasteiger partial charge < -0.3 is 0 Å². The summed E-state index contributed by atoms with van der Waals surface area (Å²) in [6, 6.07) is 5.06. The molecule has 0 amide bonds. The van der Waals surface area contributed by atoms with Gasteiger partial charge in [0.25, 0.3) is 0 Å². The van der Waals surface area contributed by atoms with E-state index in [0.29, 0.717) is 0 Å². The van der Waals surface area contributed by atoms with Gasteiger partial charge in [0, 0.05) is 0 Å². The van der Waals surface area contributed by atoms with Crippen molar-refractivity contribution in [2.24, 2.45) is 0 Å². The maximum atomic E-state index is 4.08. The lowest BCUT2D eigenvalue weighted by molar-refractivity contribution is 0.602. The first-order valence-corrected chi connectivity index (χ1v) is 18.6. The SMILES string of the molecule is C=C(C)CCCCCCCc1ccc(CCCCCC)c(C/C=C/CCCCC)c1CCCCCCCC(=C)C.CC. The average Bonchev–Trinajstić information content (AvgIpc) is 2.98. The number of hydrogen-bond donors (Lipinski definition) is 0. The Morgan fingerprint density at radius 2 is 0.952 bits per heavy atom. The molecule has 0 aliphatic carbocycles. The minimum Gasteiger partial charge on any atom is -0.100 e. The standard InChI is InChI=1S/C40H68.C2H6/c1-7-9-11-13-19-25-31-39-37(29-23-12-10-8-2)33-34-38(30-24-18-14-16-21-27-35(3)4)40(39)32-26-20-15-17-22-28-36(5)6;1-2/h19,25,33-34H,3,5,7-18,20-24,26-32H2,1-2,4,6H3;1-2H3/b25-19+;. The van der Waals surface area contributed by atoms with Crippen molar-refractivity contribution in [2.75, 3.05) is 0 Å². The molecule has 42 heavy (non-hydrogen) atoms. The van der Waals surface area contributed by atoms with Crippen LogP contribution in [0.4, 0.5) is 0 Å². The summed E-state index contributed by atoms with van der Waals surface area (Å²) in [6.07, 6.45) is 36.4. The largest absolute Gasteiger partial charge is 0.100 e. The molecule has 0 atom stereocenters. The van der Waals surface area contributed by atoms with Crippen LogP contribution in [0.5, 0.6) is 0 Å². The Kier molecular flexibility index (Phi) is 28.4. The second kappa shape index (κ2) is 29.5. The topological polar surface area (TPSA) is 0 Å². The number of benzene rings is 1. The molecular formula is C42H74. The van der Waals surface area contributed by atoms with Crippen molar-refractivity contribution < 1.29 is 0 Å². The van der Waals surface area contributed by atoms with E-state index in [1.54, 1.807) is 22.3 Å². The summed E-state index contributed by atoms with van der Waals surface area (Å²) in [5, 5.41) is 0. The molecule has 0 unspecified atom stereocenters. The van der Waals surface area contributed by atoms with Crippen LogP contribution < -0.4 is 0 Å². The van der Waals surface area contributed by atoms with Crippen molar-refractivity contribution in [3.05, 3.63) is 70.8 Å². The number of aryl methyl sites for hydroxylation is 2. The van der Waals surface area contributed by atoms with Gasteiger partial charge in [-0.2, -0.15) is 0 Å². The quantitative estimate of drug-likeness (QED) is 0.0719. The summed E-state index contributed by atoms with van der Waals surface area (Å²) in [5.74, 6) is 0. The molecule has 0 N–H and O–H groups in total. The zero-order valence-corrected chi connectivity index (χ0v) is 29.7. The Morgan fingerprint density at radius 1 is 0.524 bits per heavy atom. The molecular weight excluding hydrogens is 504 g/mol. The van der Waals surface area contributed by atoms with Gasteiger partial charge in [0.15, 0.2) is 0 Å². The molecule has 1 rings (SSSR count). The summed E-state index contributed by atoms with van der Waals surface area (Å²) in [6.45, 7) is 21.1. The number of hydrogen-bond acceptors (Lipinski definition) is 0. The summed E-state index contributed by atoms with van der Waals surface area (Å²) in [7, 11) is 0. The zero-order chi connectivity index (χ0) is 31.3. The third kappa shape index (κ3) is 22.0. The number of allylic oxidation sites excluding steroid dienone is 4. The van der Waals surface area contributed by atoms with Crippen LogP contribution >= 0.6 is 0 Å². The van der Waals surface area contributed by atoms with E-state index in [-0.39, 0.29) is 0 Å². The summed E-state index contributed by atoms with van der Waals surface area (Å²) in [5.41, 5.74) is 9.41. The molecule has 0 aliphatic heterocycles. The molecule has 0 nitrogen and oxygen atoms in total. The van der Waals surface area contributed by atoms with E-state index in [0.717, 1.165) is 6.42 Å². The van der Waals surface area contributed by atoms with E-state index in [9.17, 15) is 0 Å². The van der Waals surface area contributed by atoms with Gasteiger partial charge in [-0.05, 0) is 120 Å². The van der Waals surface area contributed by atoms with Gasteiger partial charge in [-0.1, -0.05) is 134 Å². The molecule has 0 heteroatoms. The molecule has 0 aliphatic rings. The van der Waals surface area contributed by atoms with Crippen molar-refractivity contribution in [3.8, 4) is 0 Å². The predicted molar refractivity (Wildman–Crippen MR) is 195 cm³/mol. The van der Waals surface area contributed by atoms with Crippen LogP contribution in [-0.2, 0) is 25.7 Å². The van der Waals surface area contributed by atoms with Crippen LogP contribution in [0, 0.1) is 0 Å². The lowest BCUT2D eigenvalue weighted by atomic mass is 9.86. The Morgan fingerprint density at radius 3 is 1.48 bits per heavy atom. The second-order valence-electron chi connectivity index (χ2n) is 12.8. The predicted octanol–water partition coefficient (Wildman–Crippen LogP) is 14.4. The van der Waals surface area contributed by atoms with Crippen molar-refractivity contribution in [1.29, 1.82) is 0 Å². The van der Waals surface area contributed by atoms with Gasteiger partial charge >= 0.3 is 0 Å². The van der Waals surface area contributed by atoms with Gasteiger partial charge in [0.05, 0.1) is 0 Å². The van der Waals surface area contributed by atoms with Crippen LogP contribution in [0.2, 0.25) is 0 Å². The van der Waals surface area contributed by atoms with E-state index < -0.39 is 0 Å². The smallest absolute Gasteiger partial charge is 0.00919 e. The van der Waals surface area contributed by atoms with Crippen LogP contribution in [0.15, 0.2) is 48.6 Å². The summed E-state index contributed by atoms with van der Waals surface area (Å²) < 4.78 is 0. The van der Waals surface area contributed by atoms with Crippen LogP contribution in [0.1, 0.15) is 192 Å². The van der Waals surface area contributed by atoms with Gasteiger partial charge in [-0.15, -0.1) is 13.2 Å². The molecule has 242 valence electrons. The number of unbranched alkanes of at least 4 members (excludes halogenated alkanes) is 14. The minimum absolute atomic E-state index is 1.14. The Bertz CT molecular complexity index is 808. The van der Waals surface area contributed by atoms with Crippen molar-refractivity contribution in [3.63, 3.8) is 0 Å². The molecule has 1 aromatic rings. The van der Waals surface area contributed by atoms with E-state index in [1.165, 1.54) is 159 Å². The molecule has 0 spiro atoms. The highest BCUT2D eigenvalue weighted by molar-refractivity contribution is 5.43. The summed E-state index contributed by atoms with van der Waals surface area (Å²) in [4.78, 5) is 0. The van der Waals surface area contributed by atoms with Gasteiger partial charge in [0.1, 0.15) is 0 Å². The number of rotatable bonds is 27. The highest BCUT2D eigenvalue weighted by Crippen LogP contribution is 2.27. The molecule has 0 bridgehead atoms. The van der Waals surface area contributed by atoms with E-state index in [2.05, 4.69) is 65.1 Å². The molecule has 0 radical (unpaired) electrons. The fraction of sp³-hybridized carbons (Fsp3) is 0.714. The van der Waals surface area contributed by atoms with Crippen LogP contribution in [0.25, 0.3) is 0 Å². The molecule has 0 aromatic heterocycles. The molecule has 0 saturated heterocycles. The lowest BCUT2D eigenvalue weighted by Crippen LogP contribution is -2.06. The summed E-state index contributed by atoms with van der Waals surface area (Å²) >= 11 is 0.